The average Bonchev–Trinajstić information content (AvgIpc) is 2.67. The topological polar surface area (TPSA) is 67.4 Å². The van der Waals surface area contributed by atoms with E-state index in [0.29, 0.717) is 23.9 Å². The molecule has 2 heterocycles. The summed E-state index contributed by atoms with van der Waals surface area (Å²) < 4.78 is 45.2. The van der Waals surface area contributed by atoms with Gasteiger partial charge in [-0.3, -0.25) is 4.79 Å². The van der Waals surface area contributed by atoms with E-state index in [-0.39, 0.29) is 46.1 Å². The largest absolute Gasteiger partial charge is 0.490 e. The number of rotatable bonds is 5. The summed E-state index contributed by atoms with van der Waals surface area (Å²) >= 11 is 0. The zero-order valence-electron chi connectivity index (χ0n) is 17.0. The van der Waals surface area contributed by atoms with Gasteiger partial charge >= 0.3 is 0 Å². The molecule has 1 N–H and O–H groups in total. The van der Waals surface area contributed by atoms with Crippen molar-refractivity contribution in [1.29, 1.82) is 0 Å². The molecule has 1 amide bonds. The smallest absolute Gasteiger partial charge is 0.246 e. The fourth-order valence-electron chi connectivity index (χ4n) is 3.85. The van der Waals surface area contributed by atoms with Gasteiger partial charge in [-0.2, -0.15) is 0 Å². The van der Waals surface area contributed by atoms with E-state index in [1.807, 2.05) is 25.8 Å². The fraction of sp³-hybridized carbons (Fsp3) is 0.542. The van der Waals surface area contributed by atoms with Crippen molar-refractivity contribution < 1.29 is 22.7 Å². The Morgan fingerprint density at radius 3 is 2.33 bits per heavy atom. The minimum atomic E-state index is -1.49. The van der Waals surface area contributed by atoms with E-state index in [0.717, 1.165) is 42.9 Å². The van der Waals surface area contributed by atoms with Crippen LogP contribution in [0, 0.1) is 30.3 Å². The van der Waals surface area contributed by atoms with Crippen molar-refractivity contribution >= 4 is 17.4 Å². The Kier molecular flexibility index (Phi) is 9.27. The number of anilines is 2. The van der Waals surface area contributed by atoms with E-state index in [4.69, 9.17) is 4.74 Å². The van der Waals surface area contributed by atoms with E-state index < -0.39 is 17.5 Å². The summed E-state index contributed by atoms with van der Waals surface area (Å²) in [4.78, 5) is 23.0. The normalized spacial score (nSPS) is 20.8. The summed E-state index contributed by atoms with van der Waals surface area (Å²) in [6, 6.07) is 1.43. The number of hydrogen-bond acceptors (Lipinski definition) is 5. The van der Waals surface area contributed by atoms with Crippen LogP contribution in [0.15, 0.2) is 12.1 Å². The molecule has 0 bridgehead atoms. The lowest BCUT2D eigenvalue weighted by molar-refractivity contribution is -0.117. The number of carbonyl (C=O) groups is 1. The molecule has 1 aromatic carbocycles. The zero-order chi connectivity index (χ0) is 21.6. The van der Waals surface area contributed by atoms with Crippen molar-refractivity contribution in [2.75, 3.05) is 17.3 Å². The molecule has 4 rings (SSSR count). The number of aryl methyl sites for hydroxylation is 2. The average molecular weight is 469 g/mol. The van der Waals surface area contributed by atoms with Gasteiger partial charge in [-0.15, -0.1) is 0 Å². The first kappa shape index (κ1) is 28.2. The number of hydrogen-bond donors (Lipinski definition) is 1. The number of nitrogens with zero attached hydrogens (tertiary/aromatic N) is 3. The molecular formula is C24H35F3N4O2. The van der Waals surface area contributed by atoms with E-state index in [1.165, 1.54) is 0 Å². The maximum atomic E-state index is 13.3. The molecule has 0 unspecified atom stereocenters. The predicted molar refractivity (Wildman–Crippen MR) is 125 cm³/mol. The standard InChI is InChI=1S/C21H23F3N4O2.3CH4/c1-10-19-20(28(3)11(2)21(29)27-19)26-17(25-10)5-4-12-6-13(7-12)30-14-8-15(22)18(24)16(23)9-14;;;/h8-9,11-13H,4-7H2,1-3H3,(H,27,29);3*1H4/t11-,12?,13?;;;/m0.../s1. The number of carbonyl (C=O) groups excluding carboxylic acids is 1. The second-order valence-electron chi connectivity index (χ2n) is 8.02. The van der Waals surface area contributed by atoms with Crippen LogP contribution in [0.4, 0.5) is 24.7 Å². The van der Waals surface area contributed by atoms with Gasteiger partial charge in [0.25, 0.3) is 0 Å². The van der Waals surface area contributed by atoms with Gasteiger partial charge in [0.1, 0.15) is 23.3 Å². The maximum Gasteiger partial charge on any atom is 0.246 e. The lowest BCUT2D eigenvalue weighted by Crippen LogP contribution is -2.45. The van der Waals surface area contributed by atoms with Crippen LogP contribution in [0.2, 0.25) is 0 Å². The van der Waals surface area contributed by atoms with E-state index in [1.54, 1.807) is 0 Å². The molecule has 2 aromatic rings. The quantitative estimate of drug-likeness (QED) is 0.572. The van der Waals surface area contributed by atoms with Crippen molar-refractivity contribution in [2.24, 2.45) is 5.92 Å². The number of nitrogens with one attached hydrogen (secondary N) is 1. The Labute approximate surface area is 194 Å². The highest BCUT2D eigenvalue weighted by molar-refractivity contribution is 6.02. The van der Waals surface area contributed by atoms with Crippen molar-refractivity contribution in [1.82, 2.24) is 9.97 Å². The number of benzene rings is 1. The molecule has 0 radical (unpaired) electrons. The molecule has 0 spiro atoms. The van der Waals surface area contributed by atoms with Crippen LogP contribution in [0.5, 0.6) is 5.75 Å². The lowest BCUT2D eigenvalue weighted by atomic mass is 9.79. The van der Waals surface area contributed by atoms with Crippen molar-refractivity contribution in [3.05, 3.63) is 41.1 Å². The Hall–Kier alpha value is -2.84. The summed E-state index contributed by atoms with van der Waals surface area (Å²) in [6.45, 7) is 3.67. The first-order chi connectivity index (χ1) is 14.2. The number of likely N-dealkylation sites (N-methyl/N-ethyl adjacent to an activating group) is 1. The van der Waals surface area contributed by atoms with Gasteiger partial charge in [-0.25, -0.2) is 23.1 Å². The second kappa shape index (κ2) is 10.9. The minimum absolute atomic E-state index is 0. The molecule has 1 saturated carbocycles. The van der Waals surface area contributed by atoms with Gasteiger partial charge in [0.05, 0.1) is 11.8 Å². The monoisotopic (exact) mass is 468 g/mol. The third-order valence-electron chi connectivity index (χ3n) is 5.89. The number of aromatic nitrogens is 2. The van der Waals surface area contributed by atoms with E-state index in [2.05, 4.69) is 15.3 Å². The molecule has 1 aromatic heterocycles. The number of fused-ring (bicyclic) bond motifs is 1. The van der Waals surface area contributed by atoms with Gasteiger partial charge in [-0.05, 0) is 39.0 Å². The summed E-state index contributed by atoms with van der Waals surface area (Å²) in [7, 11) is 1.84. The van der Waals surface area contributed by atoms with Crippen molar-refractivity contribution in [3.8, 4) is 5.75 Å². The molecule has 33 heavy (non-hydrogen) atoms. The lowest BCUT2D eigenvalue weighted by Gasteiger charge is -2.35. The molecule has 184 valence electrons. The van der Waals surface area contributed by atoms with Gasteiger partial charge < -0.3 is 15.0 Å². The maximum absolute atomic E-state index is 13.3. The molecule has 1 fully saturated rings. The minimum Gasteiger partial charge on any atom is -0.490 e. The highest BCUT2D eigenvalue weighted by atomic mass is 19.2. The highest BCUT2D eigenvalue weighted by Crippen LogP contribution is 2.36. The Bertz CT molecular complexity index is 973. The van der Waals surface area contributed by atoms with E-state index >= 15 is 0 Å². The fourth-order valence-corrected chi connectivity index (χ4v) is 3.85. The molecule has 9 heteroatoms. The highest BCUT2D eigenvalue weighted by Gasteiger charge is 2.32. The van der Waals surface area contributed by atoms with Gasteiger partial charge in [0.2, 0.25) is 5.91 Å². The van der Waals surface area contributed by atoms with Crippen LogP contribution in [0.3, 0.4) is 0 Å². The third-order valence-corrected chi connectivity index (χ3v) is 5.89. The number of halogens is 3. The first-order valence-electron chi connectivity index (χ1n) is 9.95. The Balaban J connectivity index is 0.00000181. The third kappa shape index (κ3) is 5.57. The predicted octanol–water partition coefficient (Wildman–Crippen LogP) is 5.68. The van der Waals surface area contributed by atoms with Crippen molar-refractivity contribution in [3.63, 3.8) is 0 Å². The summed E-state index contributed by atoms with van der Waals surface area (Å²) in [5, 5.41) is 2.86. The van der Waals surface area contributed by atoms with Crippen molar-refractivity contribution in [2.45, 2.75) is 74.0 Å². The van der Waals surface area contributed by atoms with Gasteiger partial charge in [-0.1, -0.05) is 22.3 Å². The Morgan fingerprint density at radius 2 is 1.73 bits per heavy atom. The van der Waals surface area contributed by atoms with Crippen LogP contribution >= 0.6 is 0 Å². The summed E-state index contributed by atoms with van der Waals surface area (Å²) in [5.74, 6) is -2.25. The van der Waals surface area contributed by atoms with Crippen LogP contribution in [0.25, 0.3) is 0 Å². The zero-order valence-corrected chi connectivity index (χ0v) is 17.0. The first-order valence-corrected chi connectivity index (χ1v) is 9.95. The molecule has 6 nitrogen and oxygen atoms in total. The molecule has 1 atom stereocenters. The SMILES string of the molecule is C.C.C.Cc1nc(CCC2CC(Oc3cc(F)c(F)c(F)c3)C2)nc2c1NC(=O)[C@H](C)N2C. The molecule has 1 aliphatic carbocycles. The van der Waals surface area contributed by atoms with Gasteiger partial charge in [0.15, 0.2) is 23.3 Å². The molecular weight excluding hydrogens is 433 g/mol. The second-order valence-corrected chi connectivity index (χ2v) is 8.02. The number of ether oxygens (including phenoxy) is 1. The molecule has 2 aliphatic rings. The summed E-state index contributed by atoms with van der Waals surface area (Å²) in [6.07, 6.45) is 2.89. The number of amides is 1. The summed E-state index contributed by atoms with van der Waals surface area (Å²) in [5.41, 5.74) is 1.39. The van der Waals surface area contributed by atoms with E-state index in [9.17, 15) is 18.0 Å². The van der Waals surface area contributed by atoms with Crippen LogP contribution in [-0.2, 0) is 11.2 Å². The van der Waals surface area contributed by atoms with Crippen LogP contribution in [-0.4, -0.2) is 35.1 Å². The Morgan fingerprint density at radius 1 is 1.12 bits per heavy atom. The van der Waals surface area contributed by atoms with Crippen LogP contribution in [0.1, 0.15) is 60.0 Å². The van der Waals surface area contributed by atoms with Crippen LogP contribution < -0.4 is 15.0 Å². The molecule has 0 saturated heterocycles. The molecule has 1 aliphatic heterocycles. The van der Waals surface area contributed by atoms with Gasteiger partial charge in [0, 0.05) is 25.6 Å².